The molecule has 0 bridgehead atoms. The SMILES string of the molecule is NCc1cnc(-c2ccncc2F)s1. The molecular formula is C9H8FN3S. The van der Waals surface area contributed by atoms with E-state index in [-0.39, 0.29) is 5.82 Å². The molecule has 72 valence electrons. The van der Waals surface area contributed by atoms with Crippen LogP contribution in [0.3, 0.4) is 0 Å². The minimum absolute atomic E-state index is 0.356. The second-order valence-electron chi connectivity index (χ2n) is 2.69. The maximum atomic E-state index is 13.3. The second kappa shape index (κ2) is 3.81. The number of rotatable bonds is 2. The summed E-state index contributed by atoms with van der Waals surface area (Å²) in [4.78, 5) is 8.70. The van der Waals surface area contributed by atoms with Gasteiger partial charge in [-0.1, -0.05) is 0 Å². The van der Waals surface area contributed by atoms with E-state index < -0.39 is 0 Å². The van der Waals surface area contributed by atoms with Crippen LogP contribution in [-0.2, 0) is 6.54 Å². The van der Waals surface area contributed by atoms with Gasteiger partial charge in [0.1, 0.15) is 5.01 Å². The van der Waals surface area contributed by atoms with E-state index in [1.165, 1.54) is 17.5 Å². The zero-order valence-corrected chi connectivity index (χ0v) is 8.09. The highest BCUT2D eigenvalue weighted by molar-refractivity contribution is 7.15. The van der Waals surface area contributed by atoms with E-state index in [1.807, 2.05) is 0 Å². The average molecular weight is 209 g/mol. The van der Waals surface area contributed by atoms with Crippen molar-refractivity contribution in [2.24, 2.45) is 5.73 Å². The first kappa shape index (κ1) is 9.23. The first-order chi connectivity index (χ1) is 6.81. The fourth-order valence-electron chi connectivity index (χ4n) is 1.08. The maximum Gasteiger partial charge on any atom is 0.151 e. The van der Waals surface area contributed by atoms with Crippen molar-refractivity contribution in [2.45, 2.75) is 6.54 Å². The van der Waals surface area contributed by atoms with Crippen LogP contribution in [0, 0.1) is 5.82 Å². The van der Waals surface area contributed by atoms with Gasteiger partial charge in [0.25, 0.3) is 0 Å². The van der Waals surface area contributed by atoms with Crippen LogP contribution in [0.2, 0.25) is 0 Å². The summed E-state index contributed by atoms with van der Waals surface area (Å²) in [6.07, 6.45) is 4.39. The smallest absolute Gasteiger partial charge is 0.151 e. The van der Waals surface area contributed by atoms with E-state index in [9.17, 15) is 4.39 Å². The lowest BCUT2D eigenvalue weighted by Crippen LogP contribution is -1.91. The molecule has 2 aromatic heterocycles. The summed E-state index contributed by atoms with van der Waals surface area (Å²) >= 11 is 1.40. The third-order valence-electron chi connectivity index (χ3n) is 1.76. The van der Waals surface area contributed by atoms with E-state index >= 15 is 0 Å². The zero-order valence-electron chi connectivity index (χ0n) is 7.27. The third kappa shape index (κ3) is 1.64. The molecule has 3 nitrogen and oxygen atoms in total. The number of nitrogens with zero attached hydrogens (tertiary/aromatic N) is 2. The molecule has 0 unspecified atom stereocenters. The Balaban J connectivity index is 2.44. The van der Waals surface area contributed by atoms with Gasteiger partial charge in [-0.15, -0.1) is 11.3 Å². The topological polar surface area (TPSA) is 51.8 Å². The fraction of sp³-hybridized carbons (Fsp3) is 0.111. The summed E-state index contributed by atoms with van der Waals surface area (Å²) in [5, 5.41) is 0.644. The Morgan fingerprint density at radius 2 is 2.29 bits per heavy atom. The molecule has 0 saturated carbocycles. The molecule has 0 spiro atoms. The molecule has 0 amide bonds. The van der Waals surface area contributed by atoms with Gasteiger partial charge in [0, 0.05) is 29.4 Å². The maximum absolute atomic E-state index is 13.3. The molecule has 2 N–H and O–H groups in total. The summed E-state index contributed by atoms with van der Waals surface area (Å²) in [7, 11) is 0. The molecule has 0 aliphatic rings. The Bertz CT molecular complexity index is 441. The molecule has 5 heteroatoms. The van der Waals surface area contributed by atoms with Crippen molar-refractivity contribution in [3.63, 3.8) is 0 Å². The van der Waals surface area contributed by atoms with Gasteiger partial charge in [-0.05, 0) is 6.07 Å². The highest BCUT2D eigenvalue weighted by Gasteiger charge is 2.08. The number of halogens is 1. The molecule has 2 aromatic rings. The van der Waals surface area contributed by atoms with Gasteiger partial charge < -0.3 is 5.73 Å². The van der Waals surface area contributed by atoms with E-state index in [0.29, 0.717) is 17.1 Å². The molecule has 0 aliphatic carbocycles. The van der Waals surface area contributed by atoms with Crippen LogP contribution >= 0.6 is 11.3 Å². The van der Waals surface area contributed by atoms with Gasteiger partial charge in [0.15, 0.2) is 5.82 Å². The molecule has 0 radical (unpaired) electrons. The lowest BCUT2D eigenvalue weighted by molar-refractivity contribution is 0.625. The fourth-order valence-corrected chi connectivity index (χ4v) is 1.89. The highest BCUT2D eigenvalue weighted by Crippen LogP contribution is 2.26. The summed E-state index contributed by atoms with van der Waals surface area (Å²) in [6, 6.07) is 1.61. The van der Waals surface area contributed by atoms with Crippen LogP contribution in [0.1, 0.15) is 4.88 Å². The van der Waals surface area contributed by atoms with Crippen LogP contribution in [0.15, 0.2) is 24.7 Å². The van der Waals surface area contributed by atoms with E-state index in [1.54, 1.807) is 18.5 Å². The van der Waals surface area contributed by atoms with Gasteiger partial charge >= 0.3 is 0 Å². The Hall–Kier alpha value is -1.33. The first-order valence-electron chi connectivity index (χ1n) is 4.06. The zero-order chi connectivity index (χ0) is 9.97. The summed E-state index contributed by atoms with van der Waals surface area (Å²) in [5.74, 6) is -0.356. The van der Waals surface area contributed by atoms with Gasteiger partial charge in [0.2, 0.25) is 0 Å². The summed E-state index contributed by atoms with van der Waals surface area (Å²) in [6.45, 7) is 0.435. The quantitative estimate of drug-likeness (QED) is 0.820. The number of pyridine rings is 1. The number of nitrogens with two attached hydrogens (primary N) is 1. The molecule has 0 fully saturated rings. The molecule has 0 saturated heterocycles. The highest BCUT2D eigenvalue weighted by atomic mass is 32.1. The first-order valence-corrected chi connectivity index (χ1v) is 4.87. The molecule has 0 aromatic carbocycles. The molecule has 14 heavy (non-hydrogen) atoms. The van der Waals surface area contributed by atoms with Crippen molar-refractivity contribution in [2.75, 3.05) is 0 Å². The van der Waals surface area contributed by atoms with Crippen LogP contribution < -0.4 is 5.73 Å². The van der Waals surface area contributed by atoms with Crippen molar-refractivity contribution in [1.29, 1.82) is 0 Å². The number of hydrogen-bond acceptors (Lipinski definition) is 4. The van der Waals surface area contributed by atoms with E-state index in [0.717, 1.165) is 4.88 Å². The lowest BCUT2D eigenvalue weighted by atomic mass is 10.3. The molecule has 2 heterocycles. The Kier molecular flexibility index (Phi) is 2.51. The number of thiazole rings is 1. The lowest BCUT2D eigenvalue weighted by Gasteiger charge is -1.95. The molecule has 0 aliphatic heterocycles. The Morgan fingerprint density at radius 1 is 1.43 bits per heavy atom. The van der Waals surface area contributed by atoms with E-state index in [4.69, 9.17) is 5.73 Å². The third-order valence-corrected chi connectivity index (χ3v) is 2.81. The monoisotopic (exact) mass is 209 g/mol. The van der Waals surface area contributed by atoms with Crippen molar-refractivity contribution in [3.05, 3.63) is 35.4 Å². The molecular weight excluding hydrogens is 201 g/mol. The average Bonchev–Trinajstić information content (AvgIpc) is 2.67. The van der Waals surface area contributed by atoms with E-state index in [2.05, 4.69) is 9.97 Å². The molecule has 0 atom stereocenters. The summed E-state index contributed by atoms with van der Waals surface area (Å²) in [5.41, 5.74) is 5.92. The molecule has 2 rings (SSSR count). The predicted octanol–water partition coefficient (Wildman–Crippen LogP) is 1.80. The Morgan fingerprint density at radius 3 is 2.93 bits per heavy atom. The largest absolute Gasteiger partial charge is 0.326 e. The number of aromatic nitrogens is 2. The second-order valence-corrected chi connectivity index (χ2v) is 3.81. The van der Waals surface area contributed by atoms with Crippen LogP contribution in [0.25, 0.3) is 10.6 Å². The summed E-state index contributed by atoms with van der Waals surface area (Å²) < 4.78 is 13.3. The van der Waals surface area contributed by atoms with Crippen molar-refractivity contribution in [1.82, 2.24) is 9.97 Å². The van der Waals surface area contributed by atoms with Gasteiger partial charge in [0.05, 0.1) is 6.20 Å². The van der Waals surface area contributed by atoms with Gasteiger partial charge in [-0.3, -0.25) is 4.98 Å². The normalized spacial score (nSPS) is 10.4. The van der Waals surface area contributed by atoms with Crippen LogP contribution in [0.4, 0.5) is 4.39 Å². The van der Waals surface area contributed by atoms with Crippen LogP contribution in [0.5, 0.6) is 0 Å². The van der Waals surface area contributed by atoms with Crippen molar-refractivity contribution in [3.8, 4) is 10.6 Å². The van der Waals surface area contributed by atoms with Crippen molar-refractivity contribution < 1.29 is 4.39 Å². The minimum atomic E-state index is -0.356. The standard InChI is InChI=1S/C9H8FN3S/c10-8-5-12-2-1-7(8)9-13-4-6(3-11)14-9/h1-2,4-5H,3,11H2. The van der Waals surface area contributed by atoms with Crippen LogP contribution in [-0.4, -0.2) is 9.97 Å². The van der Waals surface area contributed by atoms with Gasteiger partial charge in [-0.25, -0.2) is 9.37 Å². The number of hydrogen-bond donors (Lipinski definition) is 1. The minimum Gasteiger partial charge on any atom is -0.326 e. The van der Waals surface area contributed by atoms with Gasteiger partial charge in [-0.2, -0.15) is 0 Å². The van der Waals surface area contributed by atoms with Crippen molar-refractivity contribution >= 4 is 11.3 Å². The predicted molar refractivity (Wildman–Crippen MR) is 53.2 cm³/mol. The Labute approximate surface area is 84.4 Å².